The van der Waals surface area contributed by atoms with Crippen molar-refractivity contribution >= 4 is 40.1 Å². The van der Waals surface area contributed by atoms with Gasteiger partial charge < -0.3 is 10.1 Å². The summed E-state index contributed by atoms with van der Waals surface area (Å²) in [6.07, 6.45) is -0.324. The van der Waals surface area contributed by atoms with Gasteiger partial charge in [0.25, 0.3) is 0 Å². The standard InChI is InChI=1S/C20H21N5O3S/c1-28-15-9-7-13(8-10-15)22-17(26)12-29-20-23-18-16(11-21-24-18)19(27)25(20)14-5-3-2-4-6-14/h2-10,16,18,21,24H,11-12H2,1H3,(H,22,26). The van der Waals surface area contributed by atoms with Crippen molar-refractivity contribution in [3.63, 3.8) is 0 Å². The van der Waals surface area contributed by atoms with Gasteiger partial charge in [0, 0.05) is 12.2 Å². The van der Waals surface area contributed by atoms with Gasteiger partial charge in [-0.05, 0) is 36.4 Å². The van der Waals surface area contributed by atoms with Crippen molar-refractivity contribution < 1.29 is 14.3 Å². The number of amides is 2. The zero-order chi connectivity index (χ0) is 20.2. The van der Waals surface area contributed by atoms with Crippen LogP contribution in [0.25, 0.3) is 0 Å². The molecule has 0 saturated carbocycles. The van der Waals surface area contributed by atoms with Crippen molar-refractivity contribution in [1.29, 1.82) is 0 Å². The molecule has 8 nitrogen and oxygen atoms in total. The van der Waals surface area contributed by atoms with Crippen LogP contribution in [-0.2, 0) is 9.59 Å². The van der Waals surface area contributed by atoms with Gasteiger partial charge >= 0.3 is 0 Å². The lowest BCUT2D eigenvalue weighted by molar-refractivity contribution is -0.121. The molecule has 2 aromatic rings. The number of amidine groups is 1. The van der Waals surface area contributed by atoms with Crippen LogP contribution in [0.1, 0.15) is 0 Å². The van der Waals surface area contributed by atoms with Crippen molar-refractivity contribution in [1.82, 2.24) is 10.9 Å². The van der Waals surface area contributed by atoms with Gasteiger partial charge in [0.1, 0.15) is 11.9 Å². The van der Waals surface area contributed by atoms with Gasteiger partial charge in [-0.15, -0.1) is 0 Å². The summed E-state index contributed by atoms with van der Waals surface area (Å²) in [5.41, 5.74) is 7.43. The topological polar surface area (TPSA) is 95.1 Å². The number of thioether (sulfide) groups is 1. The Morgan fingerprint density at radius 1 is 1.24 bits per heavy atom. The molecule has 2 heterocycles. The van der Waals surface area contributed by atoms with Crippen LogP contribution in [0.2, 0.25) is 0 Å². The van der Waals surface area contributed by atoms with Crippen molar-refractivity contribution in [3.05, 3.63) is 54.6 Å². The van der Waals surface area contributed by atoms with Gasteiger partial charge in [0.15, 0.2) is 5.17 Å². The maximum atomic E-state index is 13.1. The Balaban J connectivity index is 1.47. The molecular formula is C20H21N5O3S. The van der Waals surface area contributed by atoms with E-state index in [0.717, 1.165) is 11.4 Å². The molecule has 0 spiro atoms. The van der Waals surface area contributed by atoms with Crippen molar-refractivity contribution in [2.45, 2.75) is 6.17 Å². The van der Waals surface area contributed by atoms with E-state index < -0.39 is 0 Å². The molecule has 0 radical (unpaired) electrons. The minimum atomic E-state index is -0.324. The summed E-state index contributed by atoms with van der Waals surface area (Å²) in [6.45, 7) is 0.520. The van der Waals surface area contributed by atoms with Crippen LogP contribution >= 0.6 is 11.8 Å². The Hall–Kier alpha value is -2.88. The van der Waals surface area contributed by atoms with Crippen molar-refractivity contribution in [3.8, 4) is 5.75 Å². The highest BCUT2D eigenvalue weighted by Crippen LogP contribution is 2.29. The average molecular weight is 411 g/mol. The third kappa shape index (κ3) is 4.26. The number of ether oxygens (including phenoxy) is 1. The molecule has 2 aliphatic rings. The van der Waals surface area contributed by atoms with Gasteiger partial charge in [-0.2, -0.15) is 0 Å². The summed E-state index contributed by atoms with van der Waals surface area (Å²) >= 11 is 1.24. The first-order chi connectivity index (χ1) is 14.2. The Kier molecular flexibility index (Phi) is 5.79. The van der Waals surface area contributed by atoms with Gasteiger partial charge in [0.2, 0.25) is 11.8 Å². The average Bonchev–Trinajstić information content (AvgIpc) is 3.22. The number of hydrogen-bond acceptors (Lipinski definition) is 7. The highest BCUT2D eigenvalue weighted by atomic mass is 32.2. The van der Waals surface area contributed by atoms with Crippen LogP contribution in [0.15, 0.2) is 59.6 Å². The summed E-state index contributed by atoms with van der Waals surface area (Å²) < 4.78 is 5.12. The second-order valence-corrected chi connectivity index (χ2v) is 7.51. The first kappa shape index (κ1) is 19.4. The zero-order valence-electron chi connectivity index (χ0n) is 15.8. The van der Waals surface area contributed by atoms with Crippen LogP contribution in [-0.4, -0.2) is 42.6 Å². The molecule has 2 aromatic carbocycles. The van der Waals surface area contributed by atoms with E-state index in [4.69, 9.17) is 4.74 Å². The molecule has 0 bridgehead atoms. The molecule has 2 aliphatic heterocycles. The summed E-state index contributed by atoms with van der Waals surface area (Å²) in [5, 5.41) is 3.35. The number of carbonyl (C=O) groups is 2. The van der Waals surface area contributed by atoms with E-state index in [2.05, 4.69) is 21.2 Å². The summed E-state index contributed by atoms with van der Waals surface area (Å²) in [7, 11) is 1.59. The van der Waals surface area contributed by atoms with Gasteiger partial charge in [-0.1, -0.05) is 30.0 Å². The minimum Gasteiger partial charge on any atom is -0.497 e. The van der Waals surface area contributed by atoms with Crippen molar-refractivity contribution in [2.75, 3.05) is 29.6 Å². The Bertz CT molecular complexity index is 919. The molecule has 3 N–H and O–H groups in total. The molecule has 0 aliphatic carbocycles. The normalized spacial score (nSPS) is 20.8. The number of anilines is 2. The van der Waals surface area contributed by atoms with Gasteiger partial charge in [-0.3, -0.25) is 19.9 Å². The largest absolute Gasteiger partial charge is 0.497 e. The third-order valence-corrected chi connectivity index (χ3v) is 5.60. The lowest BCUT2D eigenvalue weighted by Gasteiger charge is -2.32. The maximum Gasteiger partial charge on any atom is 0.241 e. The molecule has 4 rings (SSSR count). The number of para-hydroxylation sites is 1. The van der Waals surface area contributed by atoms with E-state index in [1.165, 1.54) is 11.8 Å². The number of nitrogens with one attached hydrogen (secondary N) is 3. The fourth-order valence-electron chi connectivity index (χ4n) is 3.19. The summed E-state index contributed by atoms with van der Waals surface area (Å²) in [5.74, 6) is 0.368. The van der Waals surface area contributed by atoms with E-state index in [1.54, 1.807) is 36.3 Å². The van der Waals surface area contributed by atoms with E-state index >= 15 is 0 Å². The number of rotatable bonds is 5. The summed E-state index contributed by atoms with van der Waals surface area (Å²) in [6, 6.07) is 16.5. The number of hydrogen-bond donors (Lipinski definition) is 3. The highest BCUT2D eigenvalue weighted by Gasteiger charge is 2.42. The smallest absolute Gasteiger partial charge is 0.241 e. The first-order valence-corrected chi connectivity index (χ1v) is 10.2. The Labute approximate surface area is 172 Å². The monoisotopic (exact) mass is 411 g/mol. The fraction of sp³-hybridized carbons (Fsp3) is 0.250. The Morgan fingerprint density at radius 2 is 2.00 bits per heavy atom. The fourth-order valence-corrected chi connectivity index (χ4v) is 4.03. The molecule has 2 atom stereocenters. The third-order valence-electron chi connectivity index (χ3n) is 4.65. The summed E-state index contributed by atoms with van der Waals surface area (Å²) in [4.78, 5) is 31.7. The van der Waals surface area contributed by atoms with E-state index in [-0.39, 0.29) is 29.7 Å². The highest BCUT2D eigenvalue weighted by molar-refractivity contribution is 8.14. The zero-order valence-corrected chi connectivity index (χ0v) is 16.6. The number of hydrazine groups is 1. The number of aliphatic imine (C=N–C) groups is 1. The van der Waals surface area contributed by atoms with Crippen LogP contribution in [0, 0.1) is 5.92 Å². The lowest BCUT2D eigenvalue weighted by atomic mass is 10.1. The number of benzene rings is 2. The quantitative estimate of drug-likeness (QED) is 0.695. The molecule has 29 heavy (non-hydrogen) atoms. The first-order valence-electron chi connectivity index (χ1n) is 9.17. The molecule has 1 fully saturated rings. The molecule has 1 saturated heterocycles. The van der Waals surface area contributed by atoms with Crippen LogP contribution in [0.4, 0.5) is 11.4 Å². The predicted molar refractivity (Wildman–Crippen MR) is 114 cm³/mol. The second kappa shape index (κ2) is 8.64. The van der Waals surface area contributed by atoms with E-state index in [9.17, 15) is 9.59 Å². The van der Waals surface area contributed by atoms with Crippen LogP contribution < -0.4 is 25.8 Å². The van der Waals surface area contributed by atoms with Crippen molar-refractivity contribution in [2.24, 2.45) is 10.9 Å². The number of carbonyl (C=O) groups excluding carboxylic acids is 2. The second-order valence-electron chi connectivity index (χ2n) is 6.56. The van der Waals surface area contributed by atoms with E-state index in [1.807, 2.05) is 30.3 Å². The SMILES string of the molecule is COc1ccc(NC(=O)CSC2=NC3NNCC3C(=O)N2c2ccccc2)cc1. The molecular weight excluding hydrogens is 390 g/mol. The minimum absolute atomic E-state index is 0.0354. The molecule has 9 heteroatoms. The lowest BCUT2D eigenvalue weighted by Crippen LogP contribution is -2.49. The molecule has 2 unspecified atom stereocenters. The van der Waals surface area contributed by atoms with Crippen LogP contribution in [0.3, 0.4) is 0 Å². The van der Waals surface area contributed by atoms with Crippen LogP contribution in [0.5, 0.6) is 5.75 Å². The predicted octanol–water partition coefficient (Wildman–Crippen LogP) is 1.82. The number of methoxy groups -OCH3 is 1. The Morgan fingerprint density at radius 3 is 2.72 bits per heavy atom. The van der Waals surface area contributed by atoms with E-state index in [0.29, 0.717) is 17.4 Å². The molecule has 2 amide bonds. The maximum absolute atomic E-state index is 13.1. The molecule has 0 aromatic heterocycles. The van der Waals surface area contributed by atoms with Gasteiger partial charge in [-0.25, -0.2) is 10.4 Å². The number of nitrogens with zero attached hydrogens (tertiary/aromatic N) is 2. The number of fused-ring (bicyclic) bond motifs is 1. The molecule has 150 valence electrons. The van der Waals surface area contributed by atoms with Gasteiger partial charge in [0.05, 0.1) is 24.5 Å².